The number of fused-ring (bicyclic) bond motifs is 2. The summed E-state index contributed by atoms with van der Waals surface area (Å²) in [5.74, 6) is 0.959. The van der Waals surface area contributed by atoms with Gasteiger partial charge >= 0.3 is 0 Å². The highest BCUT2D eigenvalue weighted by Gasteiger charge is 2.52. The molecule has 26 heavy (non-hydrogen) atoms. The number of carbonyl (C=O) groups excluding carboxylic acids is 1. The molecule has 1 amide bonds. The van der Waals surface area contributed by atoms with Crippen molar-refractivity contribution in [1.82, 2.24) is 5.32 Å². The molecule has 2 aromatic rings. The van der Waals surface area contributed by atoms with Gasteiger partial charge in [-0.1, -0.05) is 18.2 Å². The largest absolute Gasteiger partial charge is 0.497 e. The Hall–Kier alpha value is -3.55. The molecular weight excluding hydrogens is 332 g/mol. The summed E-state index contributed by atoms with van der Waals surface area (Å²) in [6.07, 6.45) is 0. The zero-order valence-corrected chi connectivity index (χ0v) is 14.4. The van der Waals surface area contributed by atoms with Gasteiger partial charge in [0.05, 0.1) is 12.8 Å². The maximum absolute atomic E-state index is 13.0. The monoisotopic (exact) mass is 350 g/mol. The number of benzene rings is 2. The van der Waals surface area contributed by atoms with Gasteiger partial charge in [-0.25, -0.2) is 9.98 Å². The van der Waals surface area contributed by atoms with Gasteiger partial charge in [0, 0.05) is 18.3 Å². The molecule has 0 fully saturated rings. The van der Waals surface area contributed by atoms with Crippen LogP contribution in [0.15, 0.2) is 58.5 Å². The number of nitrogens with zero attached hydrogens (tertiary/aromatic N) is 3. The first kappa shape index (κ1) is 15.9. The lowest BCUT2D eigenvalue weighted by Gasteiger charge is -2.26. The van der Waals surface area contributed by atoms with Gasteiger partial charge in [-0.3, -0.25) is 10.1 Å². The van der Waals surface area contributed by atoms with E-state index in [1.54, 1.807) is 19.1 Å². The van der Waals surface area contributed by atoms with Crippen molar-refractivity contribution in [1.29, 1.82) is 0 Å². The SMILES string of the molecule is COc1ccc(NC2=N[C@]3(N=C(N)N2)C(=O)N(C)c2ccccc23)cc1. The Kier molecular flexibility index (Phi) is 3.54. The van der Waals surface area contributed by atoms with E-state index in [-0.39, 0.29) is 11.9 Å². The Morgan fingerprint density at radius 2 is 1.88 bits per heavy atom. The molecule has 2 heterocycles. The first-order valence-corrected chi connectivity index (χ1v) is 8.04. The summed E-state index contributed by atoms with van der Waals surface area (Å²) in [5, 5.41) is 6.01. The van der Waals surface area contributed by atoms with Crippen molar-refractivity contribution in [2.75, 3.05) is 24.4 Å². The number of ether oxygens (including phenoxy) is 1. The number of hydrogen-bond acceptors (Lipinski definition) is 7. The number of nitrogens with one attached hydrogen (secondary N) is 2. The lowest BCUT2D eigenvalue weighted by atomic mass is 10.0. The predicted octanol–water partition coefficient (Wildman–Crippen LogP) is 1.21. The van der Waals surface area contributed by atoms with Crippen LogP contribution in [-0.2, 0) is 10.5 Å². The average Bonchev–Trinajstić information content (AvgIpc) is 2.84. The molecule has 0 aliphatic carbocycles. The smallest absolute Gasteiger partial charge is 0.282 e. The quantitative estimate of drug-likeness (QED) is 0.755. The average molecular weight is 350 g/mol. The fourth-order valence-electron chi connectivity index (χ4n) is 3.14. The standard InChI is InChI=1S/C18H18N6O2/c1-24-14-6-4-3-5-13(14)18(15(24)25)22-16(19)21-17(23-18)20-11-7-9-12(26-2)10-8-11/h3-10H,1-2H3,(H4,19,20,21,22,23)/t18-/m0/s1. The molecular formula is C18H18N6O2. The van der Waals surface area contributed by atoms with Crippen LogP contribution in [0.2, 0.25) is 0 Å². The van der Waals surface area contributed by atoms with Crippen LogP contribution >= 0.6 is 0 Å². The molecule has 2 aliphatic rings. The predicted molar refractivity (Wildman–Crippen MR) is 100 cm³/mol. The summed E-state index contributed by atoms with van der Waals surface area (Å²) < 4.78 is 5.15. The van der Waals surface area contributed by atoms with Gasteiger partial charge in [-0.2, -0.15) is 0 Å². The molecule has 4 N–H and O–H groups in total. The van der Waals surface area contributed by atoms with Gasteiger partial charge in [-0.15, -0.1) is 0 Å². The molecule has 2 aliphatic heterocycles. The number of likely N-dealkylation sites (N-methyl/N-ethyl adjacent to an activating group) is 1. The second kappa shape index (κ2) is 5.76. The number of guanidine groups is 2. The van der Waals surface area contributed by atoms with Crippen molar-refractivity contribution in [2.24, 2.45) is 15.7 Å². The Morgan fingerprint density at radius 3 is 2.62 bits per heavy atom. The third kappa shape index (κ3) is 2.34. The van der Waals surface area contributed by atoms with E-state index in [1.807, 2.05) is 48.5 Å². The van der Waals surface area contributed by atoms with E-state index in [9.17, 15) is 4.79 Å². The van der Waals surface area contributed by atoms with Gasteiger partial charge in [-0.05, 0) is 30.3 Å². The second-order valence-electron chi connectivity index (χ2n) is 5.99. The fraction of sp³-hybridized carbons (Fsp3) is 0.167. The van der Waals surface area contributed by atoms with E-state index in [0.717, 1.165) is 17.1 Å². The summed E-state index contributed by atoms with van der Waals surface area (Å²) in [6.45, 7) is 0. The number of carbonyl (C=O) groups is 1. The van der Waals surface area contributed by atoms with Crippen molar-refractivity contribution in [2.45, 2.75) is 5.66 Å². The minimum Gasteiger partial charge on any atom is -0.497 e. The first-order valence-electron chi connectivity index (χ1n) is 8.04. The Morgan fingerprint density at radius 1 is 1.15 bits per heavy atom. The molecule has 8 heteroatoms. The second-order valence-corrected chi connectivity index (χ2v) is 5.99. The highest BCUT2D eigenvalue weighted by atomic mass is 16.5. The number of aliphatic imine (C=N–C) groups is 2. The van der Waals surface area contributed by atoms with E-state index in [1.165, 1.54) is 0 Å². The number of hydrogen-bond donors (Lipinski definition) is 3. The number of methoxy groups -OCH3 is 1. The Balaban J connectivity index is 1.74. The molecule has 4 rings (SSSR count). The van der Waals surface area contributed by atoms with Gasteiger partial charge in [0.15, 0.2) is 5.96 Å². The third-order valence-electron chi connectivity index (χ3n) is 4.40. The molecule has 1 atom stereocenters. The number of nitrogens with two attached hydrogens (primary N) is 1. The first-order chi connectivity index (χ1) is 12.5. The number of rotatable bonds is 2. The summed E-state index contributed by atoms with van der Waals surface area (Å²) in [5.41, 5.74) is 6.80. The Bertz CT molecular complexity index is 937. The van der Waals surface area contributed by atoms with Crippen molar-refractivity contribution in [3.63, 3.8) is 0 Å². The molecule has 0 saturated carbocycles. The lowest BCUT2D eigenvalue weighted by molar-refractivity contribution is -0.122. The summed E-state index contributed by atoms with van der Waals surface area (Å²) in [4.78, 5) is 23.4. The van der Waals surface area contributed by atoms with E-state index in [4.69, 9.17) is 10.5 Å². The van der Waals surface area contributed by atoms with Crippen LogP contribution in [0.4, 0.5) is 11.4 Å². The maximum Gasteiger partial charge on any atom is 0.282 e. The van der Waals surface area contributed by atoms with Crippen molar-refractivity contribution < 1.29 is 9.53 Å². The minimum absolute atomic E-state index is 0.120. The molecule has 0 aromatic heterocycles. The van der Waals surface area contributed by atoms with Gasteiger partial charge in [0.1, 0.15) is 5.75 Å². The van der Waals surface area contributed by atoms with Crippen LogP contribution in [0.3, 0.4) is 0 Å². The van der Waals surface area contributed by atoms with E-state index in [2.05, 4.69) is 20.6 Å². The zero-order valence-electron chi connectivity index (χ0n) is 14.4. The van der Waals surface area contributed by atoms with Crippen molar-refractivity contribution in [3.8, 4) is 5.75 Å². The van der Waals surface area contributed by atoms with Crippen LogP contribution in [0.1, 0.15) is 5.56 Å². The summed E-state index contributed by atoms with van der Waals surface area (Å²) in [7, 11) is 3.31. The molecule has 132 valence electrons. The summed E-state index contributed by atoms with van der Waals surface area (Å²) in [6, 6.07) is 14.8. The number of anilines is 2. The van der Waals surface area contributed by atoms with Gasteiger partial charge < -0.3 is 20.7 Å². The van der Waals surface area contributed by atoms with Crippen molar-refractivity contribution in [3.05, 3.63) is 54.1 Å². The van der Waals surface area contributed by atoms with Crippen LogP contribution in [0.5, 0.6) is 5.75 Å². The van der Waals surface area contributed by atoms with Crippen molar-refractivity contribution >= 4 is 29.2 Å². The maximum atomic E-state index is 13.0. The van der Waals surface area contributed by atoms with Gasteiger partial charge in [0.25, 0.3) is 11.6 Å². The van der Waals surface area contributed by atoms with E-state index in [0.29, 0.717) is 11.5 Å². The molecule has 0 unspecified atom stereocenters. The number of amides is 1. The lowest BCUT2D eigenvalue weighted by Crippen LogP contribution is -2.50. The van der Waals surface area contributed by atoms with Crippen LogP contribution in [0.25, 0.3) is 0 Å². The fourth-order valence-corrected chi connectivity index (χ4v) is 3.14. The van der Waals surface area contributed by atoms with Crippen LogP contribution in [-0.4, -0.2) is 32.0 Å². The van der Waals surface area contributed by atoms with E-state index >= 15 is 0 Å². The number of para-hydroxylation sites is 1. The van der Waals surface area contributed by atoms with Crippen LogP contribution in [0, 0.1) is 0 Å². The summed E-state index contributed by atoms with van der Waals surface area (Å²) >= 11 is 0. The topological polar surface area (TPSA) is 104 Å². The Labute approximate surface area is 150 Å². The van der Waals surface area contributed by atoms with Crippen LogP contribution < -0.4 is 26.0 Å². The highest BCUT2D eigenvalue weighted by molar-refractivity contribution is 6.14. The molecule has 0 bridgehead atoms. The normalized spacial score (nSPS) is 21.0. The molecule has 0 saturated heterocycles. The third-order valence-corrected chi connectivity index (χ3v) is 4.40. The minimum atomic E-state index is -1.41. The van der Waals surface area contributed by atoms with Gasteiger partial charge in [0.2, 0.25) is 5.96 Å². The molecule has 1 spiro atoms. The molecule has 2 aromatic carbocycles. The molecule has 0 radical (unpaired) electrons. The zero-order chi connectivity index (χ0) is 18.3. The molecule has 8 nitrogen and oxygen atoms in total. The highest BCUT2D eigenvalue weighted by Crippen LogP contribution is 2.43. The van der Waals surface area contributed by atoms with E-state index < -0.39 is 5.66 Å².